The first-order chi connectivity index (χ1) is 6.15. The van der Waals surface area contributed by atoms with Gasteiger partial charge >= 0.3 is 0 Å². The van der Waals surface area contributed by atoms with Crippen LogP contribution in [0.15, 0.2) is 18.2 Å². The molecule has 1 nitrogen and oxygen atoms in total. The van der Waals surface area contributed by atoms with E-state index in [0.717, 1.165) is 24.1 Å². The Morgan fingerprint density at radius 3 is 2.62 bits per heavy atom. The monoisotopic (exact) mass is 175 g/mol. The highest BCUT2D eigenvalue weighted by molar-refractivity contribution is 5.99. The quantitative estimate of drug-likeness (QED) is 0.680. The van der Waals surface area contributed by atoms with Gasteiger partial charge in [0.15, 0.2) is 0 Å². The molecule has 1 rings (SSSR count). The summed E-state index contributed by atoms with van der Waals surface area (Å²) in [6.07, 6.45) is 1.93. The molecule has 0 saturated heterocycles. The Hall–Kier alpha value is -1.11. The maximum Gasteiger partial charge on any atom is 0.0388 e. The molecule has 0 amide bonds. The highest BCUT2D eigenvalue weighted by Crippen LogP contribution is 2.13. The van der Waals surface area contributed by atoms with E-state index >= 15 is 0 Å². The van der Waals surface area contributed by atoms with Gasteiger partial charge in [0, 0.05) is 5.71 Å². The molecule has 0 unspecified atom stereocenters. The van der Waals surface area contributed by atoms with E-state index in [1.54, 1.807) is 0 Å². The summed E-state index contributed by atoms with van der Waals surface area (Å²) in [6.45, 7) is 6.25. The van der Waals surface area contributed by atoms with E-state index in [2.05, 4.69) is 39.0 Å². The first-order valence-electron chi connectivity index (χ1n) is 4.80. The van der Waals surface area contributed by atoms with Crippen LogP contribution in [-0.2, 0) is 0 Å². The Labute approximate surface area is 80.3 Å². The van der Waals surface area contributed by atoms with E-state index in [1.165, 1.54) is 11.1 Å². The second kappa shape index (κ2) is 4.22. The Kier molecular flexibility index (Phi) is 3.24. The van der Waals surface area contributed by atoms with E-state index < -0.39 is 0 Å². The van der Waals surface area contributed by atoms with Crippen LogP contribution < -0.4 is 0 Å². The fourth-order valence-electron chi connectivity index (χ4n) is 1.45. The van der Waals surface area contributed by atoms with Crippen LogP contribution in [0.3, 0.4) is 0 Å². The van der Waals surface area contributed by atoms with Crippen molar-refractivity contribution in [1.82, 2.24) is 0 Å². The molecule has 0 bridgehead atoms. The van der Waals surface area contributed by atoms with Gasteiger partial charge in [-0.15, -0.1) is 0 Å². The average molecular weight is 175 g/mol. The van der Waals surface area contributed by atoms with Crippen LogP contribution in [-0.4, -0.2) is 5.71 Å². The third-order valence-electron chi connectivity index (χ3n) is 2.22. The molecule has 70 valence electrons. The zero-order valence-electron chi connectivity index (χ0n) is 8.65. The van der Waals surface area contributed by atoms with Gasteiger partial charge in [0.05, 0.1) is 0 Å². The number of aryl methyl sites for hydroxylation is 2. The van der Waals surface area contributed by atoms with Crippen molar-refractivity contribution in [2.75, 3.05) is 0 Å². The van der Waals surface area contributed by atoms with Gasteiger partial charge in [-0.3, -0.25) is 0 Å². The maximum atomic E-state index is 7.87. The summed E-state index contributed by atoms with van der Waals surface area (Å²) in [5.41, 5.74) is 4.33. The van der Waals surface area contributed by atoms with Crippen molar-refractivity contribution in [3.05, 3.63) is 34.9 Å². The molecule has 0 saturated carbocycles. The van der Waals surface area contributed by atoms with Crippen molar-refractivity contribution in [1.29, 1.82) is 5.41 Å². The summed E-state index contributed by atoms with van der Waals surface area (Å²) < 4.78 is 0. The van der Waals surface area contributed by atoms with Gasteiger partial charge in [-0.25, -0.2) is 0 Å². The van der Waals surface area contributed by atoms with Crippen LogP contribution in [0.1, 0.15) is 36.5 Å². The summed E-state index contributed by atoms with van der Waals surface area (Å²) in [7, 11) is 0. The van der Waals surface area contributed by atoms with Gasteiger partial charge in [-0.05, 0) is 37.5 Å². The second-order valence-electron chi connectivity index (χ2n) is 3.55. The van der Waals surface area contributed by atoms with Crippen LogP contribution in [0.2, 0.25) is 0 Å². The summed E-state index contributed by atoms with van der Waals surface area (Å²) in [5, 5.41) is 7.87. The Bertz CT molecular complexity index is 313. The predicted molar refractivity (Wildman–Crippen MR) is 57.7 cm³/mol. The Morgan fingerprint density at radius 2 is 2.00 bits per heavy atom. The number of rotatable bonds is 3. The third kappa shape index (κ3) is 2.41. The molecule has 1 aromatic rings. The molecule has 13 heavy (non-hydrogen) atoms. The van der Waals surface area contributed by atoms with Crippen LogP contribution in [0.4, 0.5) is 0 Å². The number of hydrogen-bond donors (Lipinski definition) is 1. The van der Waals surface area contributed by atoms with Gasteiger partial charge in [0.2, 0.25) is 0 Å². The number of nitrogens with one attached hydrogen (secondary N) is 1. The van der Waals surface area contributed by atoms with Crippen LogP contribution in [0.5, 0.6) is 0 Å². The molecule has 0 aliphatic heterocycles. The van der Waals surface area contributed by atoms with Gasteiger partial charge in [-0.1, -0.05) is 31.0 Å². The van der Waals surface area contributed by atoms with Gasteiger partial charge in [0.1, 0.15) is 0 Å². The fraction of sp³-hybridized carbons (Fsp3) is 0.417. The predicted octanol–water partition coefficient (Wildman–Crippen LogP) is 3.47. The van der Waals surface area contributed by atoms with Crippen molar-refractivity contribution >= 4 is 5.71 Å². The van der Waals surface area contributed by atoms with E-state index in [-0.39, 0.29) is 0 Å². The van der Waals surface area contributed by atoms with E-state index in [1.807, 2.05) is 0 Å². The van der Waals surface area contributed by atoms with Crippen molar-refractivity contribution in [3.8, 4) is 0 Å². The molecule has 0 aromatic heterocycles. The molecule has 0 heterocycles. The highest BCUT2D eigenvalue weighted by atomic mass is 14.4. The zero-order chi connectivity index (χ0) is 9.84. The summed E-state index contributed by atoms with van der Waals surface area (Å²) in [4.78, 5) is 0. The molecule has 0 atom stereocenters. The molecule has 0 aliphatic carbocycles. The first-order valence-corrected chi connectivity index (χ1v) is 4.80. The minimum Gasteiger partial charge on any atom is -0.305 e. The molecule has 0 spiro atoms. The average Bonchev–Trinajstić information content (AvgIpc) is 2.09. The van der Waals surface area contributed by atoms with Gasteiger partial charge in [-0.2, -0.15) is 0 Å². The SMILES string of the molecule is CCCC(=N)c1cc(C)ccc1C. The topological polar surface area (TPSA) is 23.9 Å². The molecule has 0 radical (unpaired) electrons. The fourth-order valence-corrected chi connectivity index (χ4v) is 1.45. The molecule has 1 heteroatoms. The lowest BCUT2D eigenvalue weighted by Gasteiger charge is -2.07. The molecular weight excluding hydrogens is 158 g/mol. The van der Waals surface area contributed by atoms with Crippen molar-refractivity contribution < 1.29 is 0 Å². The minimum atomic E-state index is 0.767. The van der Waals surface area contributed by atoms with E-state index in [0.29, 0.717) is 0 Å². The highest BCUT2D eigenvalue weighted by Gasteiger charge is 2.03. The van der Waals surface area contributed by atoms with Gasteiger partial charge in [0.25, 0.3) is 0 Å². The van der Waals surface area contributed by atoms with Crippen LogP contribution >= 0.6 is 0 Å². The molecule has 1 aromatic carbocycles. The van der Waals surface area contributed by atoms with Crippen LogP contribution in [0.25, 0.3) is 0 Å². The van der Waals surface area contributed by atoms with Crippen molar-refractivity contribution in [2.45, 2.75) is 33.6 Å². The lowest BCUT2D eigenvalue weighted by atomic mass is 9.99. The second-order valence-corrected chi connectivity index (χ2v) is 3.55. The largest absolute Gasteiger partial charge is 0.305 e. The number of benzene rings is 1. The van der Waals surface area contributed by atoms with Crippen molar-refractivity contribution in [2.24, 2.45) is 0 Å². The Morgan fingerprint density at radius 1 is 1.31 bits per heavy atom. The number of hydrogen-bond acceptors (Lipinski definition) is 1. The van der Waals surface area contributed by atoms with Crippen LogP contribution in [0, 0.1) is 19.3 Å². The standard InChI is InChI=1S/C12H17N/c1-4-5-12(13)11-8-9(2)6-7-10(11)3/h6-8,13H,4-5H2,1-3H3. The minimum absolute atomic E-state index is 0.767. The summed E-state index contributed by atoms with van der Waals surface area (Å²) in [6, 6.07) is 6.29. The summed E-state index contributed by atoms with van der Waals surface area (Å²) >= 11 is 0. The Balaban J connectivity index is 2.99. The summed E-state index contributed by atoms with van der Waals surface area (Å²) in [5.74, 6) is 0. The first kappa shape index (κ1) is 9.97. The molecular formula is C12H17N. The lowest BCUT2D eigenvalue weighted by Crippen LogP contribution is -2.01. The molecule has 1 N–H and O–H groups in total. The molecule has 0 aliphatic rings. The third-order valence-corrected chi connectivity index (χ3v) is 2.22. The van der Waals surface area contributed by atoms with Crippen molar-refractivity contribution in [3.63, 3.8) is 0 Å². The lowest BCUT2D eigenvalue weighted by molar-refractivity contribution is 0.984. The van der Waals surface area contributed by atoms with E-state index in [9.17, 15) is 0 Å². The maximum absolute atomic E-state index is 7.87. The molecule has 0 fully saturated rings. The van der Waals surface area contributed by atoms with E-state index in [4.69, 9.17) is 5.41 Å². The van der Waals surface area contributed by atoms with Gasteiger partial charge < -0.3 is 5.41 Å². The normalized spacial score (nSPS) is 10.1. The smallest absolute Gasteiger partial charge is 0.0388 e. The zero-order valence-corrected chi connectivity index (χ0v) is 8.65.